The normalized spacial score (nSPS) is 10.1. The van der Waals surface area contributed by atoms with Crippen LogP contribution in [0.4, 0.5) is 0 Å². The topological polar surface area (TPSA) is 67.8 Å². The number of halogens is 1. The zero-order valence-corrected chi connectivity index (χ0v) is 10.5. The summed E-state index contributed by atoms with van der Waals surface area (Å²) in [5, 5.41) is 10.3. The van der Waals surface area contributed by atoms with Gasteiger partial charge in [0.1, 0.15) is 0 Å². The zero-order valence-electron chi connectivity index (χ0n) is 9.72. The lowest BCUT2D eigenvalue weighted by Gasteiger charge is -2.04. The fourth-order valence-corrected chi connectivity index (χ4v) is 1.50. The molecule has 2 aromatic rings. The van der Waals surface area contributed by atoms with Crippen LogP contribution in [0.3, 0.4) is 0 Å². The van der Waals surface area contributed by atoms with E-state index in [4.69, 9.17) is 11.6 Å². The molecule has 0 atom stereocenters. The standard InChI is InChI=1S/C12H11ClN4O/c1-8-3-2-4-9(15-8)7-14-12(18)10-5-6-11(13)17-16-10/h2-6H,7H2,1H3,(H,14,18). The largest absolute Gasteiger partial charge is 0.345 e. The van der Waals surface area contributed by atoms with Gasteiger partial charge in [-0.2, -0.15) is 0 Å². The minimum Gasteiger partial charge on any atom is -0.345 e. The first kappa shape index (κ1) is 12.4. The molecule has 0 radical (unpaired) electrons. The predicted molar refractivity (Wildman–Crippen MR) is 67.2 cm³/mol. The van der Waals surface area contributed by atoms with Crippen molar-refractivity contribution in [1.29, 1.82) is 0 Å². The Bertz CT molecular complexity index is 556. The van der Waals surface area contributed by atoms with E-state index >= 15 is 0 Å². The van der Waals surface area contributed by atoms with Gasteiger partial charge in [-0.25, -0.2) is 0 Å². The smallest absolute Gasteiger partial charge is 0.272 e. The van der Waals surface area contributed by atoms with Crippen molar-refractivity contribution < 1.29 is 4.79 Å². The molecule has 0 spiro atoms. The molecule has 0 fully saturated rings. The second-order valence-corrected chi connectivity index (χ2v) is 4.08. The molecule has 2 heterocycles. The number of carbonyl (C=O) groups is 1. The van der Waals surface area contributed by atoms with Crippen molar-refractivity contribution in [3.63, 3.8) is 0 Å². The van der Waals surface area contributed by atoms with E-state index in [-0.39, 0.29) is 16.8 Å². The van der Waals surface area contributed by atoms with Crippen molar-refractivity contribution in [2.45, 2.75) is 13.5 Å². The number of amides is 1. The number of hydrogen-bond acceptors (Lipinski definition) is 4. The summed E-state index contributed by atoms with van der Waals surface area (Å²) >= 11 is 5.59. The molecular formula is C12H11ClN4O. The number of aryl methyl sites for hydroxylation is 1. The lowest BCUT2D eigenvalue weighted by Crippen LogP contribution is -2.24. The van der Waals surface area contributed by atoms with Crippen LogP contribution in [0.5, 0.6) is 0 Å². The maximum atomic E-state index is 11.7. The molecule has 6 heteroatoms. The lowest BCUT2D eigenvalue weighted by atomic mass is 10.3. The Morgan fingerprint density at radius 3 is 2.78 bits per heavy atom. The zero-order chi connectivity index (χ0) is 13.0. The molecule has 0 aromatic carbocycles. The van der Waals surface area contributed by atoms with E-state index in [1.54, 1.807) is 0 Å². The third-order valence-corrected chi connectivity index (χ3v) is 2.44. The van der Waals surface area contributed by atoms with Gasteiger partial charge < -0.3 is 5.32 Å². The van der Waals surface area contributed by atoms with Crippen molar-refractivity contribution in [3.05, 3.63) is 52.6 Å². The van der Waals surface area contributed by atoms with Gasteiger partial charge in [0.15, 0.2) is 10.8 Å². The first-order chi connectivity index (χ1) is 8.65. The van der Waals surface area contributed by atoms with E-state index in [1.165, 1.54) is 12.1 Å². The Kier molecular flexibility index (Phi) is 3.84. The van der Waals surface area contributed by atoms with Gasteiger partial charge in [0.25, 0.3) is 5.91 Å². The minimum absolute atomic E-state index is 0.229. The second-order valence-electron chi connectivity index (χ2n) is 3.69. The highest BCUT2D eigenvalue weighted by atomic mass is 35.5. The van der Waals surface area contributed by atoms with Gasteiger partial charge >= 0.3 is 0 Å². The van der Waals surface area contributed by atoms with Crippen molar-refractivity contribution in [3.8, 4) is 0 Å². The third-order valence-electron chi connectivity index (χ3n) is 2.24. The summed E-state index contributed by atoms with van der Waals surface area (Å²) in [5.74, 6) is -0.303. The molecule has 1 amide bonds. The number of pyridine rings is 1. The van der Waals surface area contributed by atoms with E-state index in [1.807, 2.05) is 25.1 Å². The summed E-state index contributed by atoms with van der Waals surface area (Å²) in [4.78, 5) is 16.0. The molecule has 0 saturated carbocycles. The van der Waals surface area contributed by atoms with Crippen LogP contribution >= 0.6 is 11.6 Å². The number of carbonyl (C=O) groups excluding carboxylic acids is 1. The molecular weight excluding hydrogens is 252 g/mol. The number of nitrogens with zero attached hydrogens (tertiary/aromatic N) is 3. The van der Waals surface area contributed by atoms with Gasteiger partial charge in [-0.15, -0.1) is 10.2 Å². The average Bonchev–Trinajstić information content (AvgIpc) is 2.37. The summed E-state index contributed by atoms with van der Waals surface area (Å²) in [5.41, 5.74) is 1.94. The van der Waals surface area contributed by atoms with Crippen LogP contribution in [0.2, 0.25) is 5.15 Å². The molecule has 0 aliphatic carbocycles. The van der Waals surface area contributed by atoms with Crippen LogP contribution in [0.15, 0.2) is 30.3 Å². The van der Waals surface area contributed by atoms with Gasteiger partial charge in [-0.1, -0.05) is 17.7 Å². The van der Waals surface area contributed by atoms with Crippen LogP contribution in [0, 0.1) is 6.92 Å². The van der Waals surface area contributed by atoms with Gasteiger partial charge in [0, 0.05) is 5.69 Å². The molecule has 5 nitrogen and oxygen atoms in total. The summed E-state index contributed by atoms with van der Waals surface area (Å²) < 4.78 is 0. The molecule has 1 N–H and O–H groups in total. The van der Waals surface area contributed by atoms with Crippen LogP contribution in [0.25, 0.3) is 0 Å². The number of aromatic nitrogens is 3. The maximum absolute atomic E-state index is 11.7. The van der Waals surface area contributed by atoms with Crippen LogP contribution < -0.4 is 5.32 Å². The Morgan fingerprint density at radius 2 is 2.11 bits per heavy atom. The minimum atomic E-state index is -0.303. The Balaban J connectivity index is 1.98. The van der Waals surface area contributed by atoms with Crippen molar-refractivity contribution in [2.75, 3.05) is 0 Å². The SMILES string of the molecule is Cc1cccc(CNC(=O)c2ccc(Cl)nn2)n1. The highest BCUT2D eigenvalue weighted by Gasteiger charge is 2.07. The van der Waals surface area contributed by atoms with Gasteiger partial charge in [-0.05, 0) is 31.2 Å². The molecule has 2 rings (SSSR count). The second kappa shape index (κ2) is 5.55. The lowest BCUT2D eigenvalue weighted by molar-refractivity contribution is 0.0944. The molecule has 0 bridgehead atoms. The quantitative estimate of drug-likeness (QED) is 0.915. The molecule has 0 aliphatic heterocycles. The van der Waals surface area contributed by atoms with Crippen LogP contribution in [0.1, 0.15) is 21.9 Å². The first-order valence-electron chi connectivity index (χ1n) is 5.35. The van der Waals surface area contributed by atoms with E-state index in [9.17, 15) is 4.79 Å². The monoisotopic (exact) mass is 262 g/mol. The van der Waals surface area contributed by atoms with Crippen molar-refractivity contribution in [1.82, 2.24) is 20.5 Å². The fraction of sp³-hybridized carbons (Fsp3) is 0.167. The number of rotatable bonds is 3. The molecule has 0 unspecified atom stereocenters. The molecule has 0 saturated heterocycles. The summed E-state index contributed by atoms with van der Waals surface area (Å²) in [6.07, 6.45) is 0. The fourth-order valence-electron chi connectivity index (χ4n) is 1.40. The van der Waals surface area contributed by atoms with E-state index in [0.29, 0.717) is 6.54 Å². The first-order valence-corrected chi connectivity index (χ1v) is 5.73. The van der Waals surface area contributed by atoms with Crippen molar-refractivity contribution in [2.24, 2.45) is 0 Å². The van der Waals surface area contributed by atoms with Crippen LogP contribution in [-0.2, 0) is 6.54 Å². The summed E-state index contributed by atoms with van der Waals surface area (Å²) in [7, 11) is 0. The number of nitrogens with one attached hydrogen (secondary N) is 1. The Labute approximate surface area is 109 Å². The molecule has 18 heavy (non-hydrogen) atoms. The van der Waals surface area contributed by atoms with Gasteiger partial charge in [0.2, 0.25) is 0 Å². The van der Waals surface area contributed by atoms with E-state index in [0.717, 1.165) is 11.4 Å². The van der Waals surface area contributed by atoms with Crippen molar-refractivity contribution >= 4 is 17.5 Å². The van der Waals surface area contributed by atoms with Gasteiger partial charge in [0.05, 0.1) is 12.2 Å². The Morgan fingerprint density at radius 1 is 1.28 bits per heavy atom. The molecule has 2 aromatic heterocycles. The van der Waals surface area contributed by atoms with Gasteiger partial charge in [-0.3, -0.25) is 9.78 Å². The van der Waals surface area contributed by atoms with Crippen LogP contribution in [-0.4, -0.2) is 21.1 Å². The van der Waals surface area contributed by atoms with E-state index < -0.39 is 0 Å². The maximum Gasteiger partial charge on any atom is 0.272 e. The predicted octanol–water partition coefficient (Wildman–Crippen LogP) is 1.76. The highest BCUT2D eigenvalue weighted by molar-refractivity contribution is 6.29. The van der Waals surface area contributed by atoms with E-state index in [2.05, 4.69) is 20.5 Å². The summed E-state index contributed by atoms with van der Waals surface area (Å²) in [6, 6.07) is 8.69. The molecule has 92 valence electrons. The third kappa shape index (κ3) is 3.24. The Hall–Kier alpha value is -2.01. The number of hydrogen-bond donors (Lipinski definition) is 1. The summed E-state index contributed by atoms with van der Waals surface area (Å²) in [6.45, 7) is 2.25. The highest BCUT2D eigenvalue weighted by Crippen LogP contribution is 2.03. The average molecular weight is 263 g/mol. The molecule has 0 aliphatic rings.